The first-order valence-electron chi connectivity index (χ1n) is 6.24. The largest absolute Gasteiger partial charge is 0.398 e. The fraction of sp³-hybridized carbons (Fsp3) is 0.429. The summed E-state index contributed by atoms with van der Waals surface area (Å²) in [5.74, 6) is 0.954. The maximum Gasteiger partial charge on any atom is 0.260 e. The molecule has 6 heteroatoms. The molecule has 5 nitrogen and oxygen atoms in total. The van der Waals surface area contributed by atoms with Crippen LogP contribution in [0.5, 0.6) is 0 Å². The summed E-state index contributed by atoms with van der Waals surface area (Å²) >= 11 is 2.22. The monoisotopic (exact) mass is 387 g/mol. The van der Waals surface area contributed by atoms with Crippen molar-refractivity contribution in [2.24, 2.45) is 5.41 Å². The smallest absolute Gasteiger partial charge is 0.260 e. The minimum Gasteiger partial charge on any atom is -0.398 e. The average Bonchev–Trinajstić information content (AvgIpc) is 2.80. The van der Waals surface area contributed by atoms with Crippen LogP contribution in [0.2, 0.25) is 0 Å². The van der Waals surface area contributed by atoms with E-state index in [9.17, 15) is 0 Å². The lowest BCUT2D eigenvalue weighted by Crippen LogP contribution is -2.21. The zero-order valence-corrected chi connectivity index (χ0v) is 14.1. The Labute approximate surface area is 132 Å². The Balaban J connectivity index is 2.40. The van der Waals surface area contributed by atoms with E-state index in [1.54, 1.807) is 7.11 Å². The third-order valence-corrected chi connectivity index (χ3v) is 3.62. The molecule has 0 bridgehead atoms. The summed E-state index contributed by atoms with van der Waals surface area (Å²) in [6.45, 7) is 6.20. The molecule has 0 fully saturated rings. The molecule has 0 aliphatic rings. The Bertz CT molecular complexity index is 605. The van der Waals surface area contributed by atoms with Gasteiger partial charge >= 0.3 is 0 Å². The summed E-state index contributed by atoms with van der Waals surface area (Å²) in [6, 6.07) is 5.69. The fourth-order valence-electron chi connectivity index (χ4n) is 2.01. The number of ether oxygens (including phenoxy) is 1. The van der Waals surface area contributed by atoms with Gasteiger partial charge in [0.15, 0.2) is 0 Å². The van der Waals surface area contributed by atoms with E-state index in [0.29, 0.717) is 17.4 Å². The van der Waals surface area contributed by atoms with Gasteiger partial charge < -0.3 is 15.0 Å². The van der Waals surface area contributed by atoms with Gasteiger partial charge in [0.1, 0.15) is 6.10 Å². The molecule has 0 aliphatic carbocycles. The highest BCUT2D eigenvalue weighted by Crippen LogP contribution is 2.35. The molecule has 108 valence electrons. The van der Waals surface area contributed by atoms with Crippen LogP contribution in [0.3, 0.4) is 0 Å². The molecular weight excluding hydrogens is 369 g/mol. The number of hydrogen-bond acceptors (Lipinski definition) is 5. The summed E-state index contributed by atoms with van der Waals surface area (Å²) in [7, 11) is 1.64. The summed E-state index contributed by atoms with van der Waals surface area (Å²) in [4.78, 5) is 4.43. The molecular formula is C14H18IN3O2. The molecule has 1 unspecified atom stereocenters. The normalized spacial score (nSPS) is 13.4. The highest BCUT2D eigenvalue weighted by molar-refractivity contribution is 14.1. The third-order valence-electron chi connectivity index (χ3n) is 2.94. The van der Waals surface area contributed by atoms with E-state index in [4.69, 9.17) is 15.0 Å². The number of nitrogen functional groups attached to an aromatic ring is 1. The van der Waals surface area contributed by atoms with Crippen LogP contribution in [0.25, 0.3) is 11.5 Å². The Morgan fingerprint density at radius 3 is 2.65 bits per heavy atom. The number of benzene rings is 1. The van der Waals surface area contributed by atoms with E-state index in [0.717, 1.165) is 9.13 Å². The first-order chi connectivity index (χ1) is 9.32. The van der Waals surface area contributed by atoms with Gasteiger partial charge in [-0.05, 0) is 46.2 Å². The van der Waals surface area contributed by atoms with Gasteiger partial charge in [-0.2, -0.15) is 4.98 Å². The minimum atomic E-state index is -0.232. The van der Waals surface area contributed by atoms with Crippen molar-refractivity contribution in [1.29, 1.82) is 0 Å². The van der Waals surface area contributed by atoms with Gasteiger partial charge in [-0.1, -0.05) is 25.9 Å². The van der Waals surface area contributed by atoms with Crippen molar-refractivity contribution in [2.45, 2.75) is 26.9 Å². The van der Waals surface area contributed by atoms with E-state index < -0.39 is 0 Å². The molecule has 2 N–H and O–H groups in total. The number of halogens is 1. The quantitative estimate of drug-likeness (QED) is 0.643. The Hall–Kier alpha value is -1.15. The SMILES string of the molecule is COC(c1noc(-c2cc(I)ccc2N)n1)C(C)(C)C. The number of nitrogens with zero attached hydrogens (tertiary/aromatic N) is 2. The van der Waals surface area contributed by atoms with Crippen LogP contribution in [0.15, 0.2) is 22.7 Å². The summed E-state index contributed by atoms with van der Waals surface area (Å²) < 4.78 is 11.9. The first kappa shape index (κ1) is 15.2. The van der Waals surface area contributed by atoms with Crippen LogP contribution in [0.4, 0.5) is 5.69 Å². The molecule has 1 aromatic carbocycles. The van der Waals surface area contributed by atoms with Gasteiger partial charge in [0.05, 0.1) is 5.56 Å². The van der Waals surface area contributed by atoms with Crippen LogP contribution >= 0.6 is 22.6 Å². The highest BCUT2D eigenvalue weighted by Gasteiger charge is 2.30. The van der Waals surface area contributed by atoms with Gasteiger partial charge in [0.25, 0.3) is 5.89 Å². The van der Waals surface area contributed by atoms with Crippen molar-refractivity contribution in [3.05, 3.63) is 27.6 Å². The Morgan fingerprint density at radius 1 is 1.35 bits per heavy atom. The van der Waals surface area contributed by atoms with E-state index >= 15 is 0 Å². The van der Waals surface area contributed by atoms with Crippen molar-refractivity contribution in [1.82, 2.24) is 10.1 Å². The average molecular weight is 387 g/mol. The lowest BCUT2D eigenvalue weighted by molar-refractivity contribution is 0.00718. The van der Waals surface area contributed by atoms with Crippen LogP contribution in [0.1, 0.15) is 32.7 Å². The molecule has 0 saturated carbocycles. The van der Waals surface area contributed by atoms with E-state index in [-0.39, 0.29) is 11.5 Å². The van der Waals surface area contributed by atoms with Crippen LogP contribution in [-0.4, -0.2) is 17.3 Å². The molecule has 1 aromatic heterocycles. The van der Waals surface area contributed by atoms with Gasteiger partial charge in [0, 0.05) is 16.4 Å². The summed E-state index contributed by atoms with van der Waals surface area (Å²) in [5, 5.41) is 4.03. The fourth-order valence-corrected chi connectivity index (χ4v) is 2.50. The minimum absolute atomic E-state index is 0.119. The Morgan fingerprint density at radius 2 is 2.05 bits per heavy atom. The zero-order chi connectivity index (χ0) is 14.9. The molecule has 0 aliphatic heterocycles. The summed E-state index contributed by atoms with van der Waals surface area (Å²) in [6.07, 6.45) is -0.232. The molecule has 20 heavy (non-hydrogen) atoms. The second kappa shape index (κ2) is 5.69. The van der Waals surface area contributed by atoms with E-state index in [2.05, 4.69) is 53.5 Å². The van der Waals surface area contributed by atoms with Crippen LogP contribution in [0, 0.1) is 8.99 Å². The van der Waals surface area contributed by atoms with E-state index in [1.807, 2.05) is 18.2 Å². The number of rotatable bonds is 3. The highest BCUT2D eigenvalue weighted by atomic mass is 127. The molecule has 2 aromatic rings. The number of hydrogen-bond donors (Lipinski definition) is 1. The van der Waals surface area contributed by atoms with Gasteiger partial charge in [0.2, 0.25) is 5.82 Å². The number of nitrogens with two attached hydrogens (primary N) is 1. The molecule has 0 spiro atoms. The van der Waals surface area contributed by atoms with Crippen molar-refractivity contribution in [3.8, 4) is 11.5 Å². The number of methoxy groups -OCH3 is 1. The topological polar surface area (TPSA) is 74.2 Å². The van der Waals surface area contributed by atoms with Crippen molar-refractivity contribution in [2.75, 3.05) is 12.8 Å². The van der Waals surface area contributed by atoms with Crippen LogP contribution < -0.4 is 5.73 Å². The molecule has 0 radical (unpaired) electrons. The van der Waals surface area contributed by atoms with Crippen LogP contribution in [-0.2, 0) is 4.74 Å². The third kappa shape index (κ3) is 3.12. The predicted molar refractivity (Wildman–Crippen MR) is 86.1 cm³/mol. The lowest BCUT2D eigenvalue weighted by Gasteiger charge is -2.26. The standard InChI is InChI=1S/C14H18IN3O2/c1-14(2,3)11(19-4)12-17-13(20-18-12)9-7-8(15)5-6-10(9)16/h5-7,11H,16H2,1-4H3. The van der Waals surface area contributed by atoms with Crippen molar-refractivity contribution in [3.63, 3.8) is 0 Å². The second-order valence-corrected chi connectivity index (χ2v) is 6.92. The van der Waals surface area contributed by atoms with E-state index in [1.165, 1.54) is 0 Å². The molecule has 0 amide bonds. The summed E-state index contributed by atoms with van der Waals surface area (Å²) in [5.41, 5.74) is 7.21. The van der Waals surface area contributed by atoms with Gasteiger partial charge in [-0.25, -0.2) is 0 Å². The molecule has 0 saturated heterocycles. The van der Waals surface area contributed by atoms with Crippen molar-refractivity contribution >= 4 is 28.3 Å². The Kier molecular flexibility index (Phi) is 4.33. The molecule has 2 rings (SSSR count). The molecule has 1 atom stereocenters. The number of aromatic nitrogens is 2. The maximum absolute atomic E-state index is 5.96. The molecule has 1 heterocycles. The zero-order valence-electron chi connectivity index (χ0n) is 12.0. The van der Waals surface area contributed by atoms with Gasteiger partial charge in [-0.3, -0.25) is 0 Å². The lowest BCUT2D eigenvalue weighted by atomic mass is 9.88. The maximum atomic E-state index is 5.96. The predicted octanol–water partition coefficient (Wildman–Crippen LogP) is 3.66. The van der Waals surface area contributed by atoms with Crippen molar-refractivity contribution < 1.29 is 9.26 Å². The van der Waals surface area contributed by atoms with Gasteiger partial charge in [-0.15, -0.1) is 0 Å². The second-order valence-electron chi connectivity index (χ2n) is 5.67. The first-order valence-corrected chi connectivity index (χ1v) is 7.32. The number of anilines is 1.